The van der Waals surface area contributed by atoms with Gasteiger partial charge in [0.1, 0.15) is 6.61 Å². The van der Waals surface area contributed by atoms with Crippen LogP contribution in [0.25, 0.3) is 0 Å². The van der Waals surface area contributed by atoms with E-state index in [0.29, 0.717) is 12.0 Å². The molecule has 1 aromatic carbocycles. The summed E-state index contributed by atoms with van der Waals surface area (Å²) in [7, 11) is 0. The van der Waals surface area contributed by atoms with Gasteiger partial charge in [0.15, 0.2) is 6.61 Å². The molecule has 19 heteroatoms. The third-order valence-corrected chi connectivity index (χ3v) is 5.07. The van der Waals surface area contributed by atoms with Crippen LogP contribution >= 0.6 is 0 Å². The first-order valence-electron chi connectivity index (χ1n) is 9.63. The standard InChI is InChI=1S/C19H14F16O3/c1-2-9-3-5-10(6-4-9)11(37)38-8-13(22,23)15(26,27)17(30,31)19(34,35)18(32,33)16(28,29)14(24,25)12(20,21)7-36/h3-6,36H,2,7-8H2,1H3. The number of hydrogen-bond acceptors (Lipinski definition) is 3. The molecule has 0 aliphatic carbocycles. The highest BCUT2D eigenvalue weighted by atomic mass is 19.4. The largest absolute Gasteiger partial charge is 0.455 e. The monoisotopic (exact) mass is 594 g/mol. The van der Waals surface area contributed by atoms with Crippen LogP contribution in [-0.2, 0) is 11.2 Å². The van der Waals surface area contributed by atoms with Crippen molar-refractivity contribution in [2.24, 2.45) is 0 Å². The van der Waals surface area contributed by atoms with Crippen LogP contribution < -0.4 is 0 Å². The van der Waals surface area contributed by atoms with Crippen molar-refractivity contribution in [3.63, 3.8) is 0 Å². The Kier molecular flexibility index (Phi) is 8.77. The molecule has 0 unspecified atom stereocenters. The zero-order valence-corrected chi connectivity index (χ0v) is 18.2. The van der Waals surface area contributed by atoms with Gasteiger partial charge in [-0.3, -0.25) is 0 Å². The van der Waals surface area contributed by atoms with Gasteiger partial charge in [0.25, 0.3) is 0 Å². The number of carbonyl (C=O) groups excluding carboxylic acids is 1. The van der Waals surface area contributed by atoms with Crippen molar-refractivity contribution < 1.29 is 84.9 Å². The molecular weight excluding hydrogens is 580 g/mol. The smallest absolute Gasteiger partial charge is 0.385 e. The zero-order valence-electron chi connectivity index (χ0n) is 18.2. The van der Waals surface area contributed by atoms with E-state index in [4.69, 9.17) is 5.11 Å². The Labute approximate surface area is 201 Å². The average Bonchev–Trinajstić information content (AvgIpc) is 2.81. The number of rotatable bonds is 12. The molecule has 38 heavy (non-hydrogen) atoms. The second-order valence-electron chi connectivity index (χ2n) is 7.64. The summed E-state index contributed by atoms with van der Waals surface area (Å²) in [5.41, 5.74) is -0.156. The number of benzene rings is 1. The summed E-state index contributed by atoms with van der Waals surface area (Å²) in [5, 5.41) is 7.97. The van der Waals surface area contributed by atoms with Crippen LogP contribution in [0.1, 0.15) is 22.8 Å². The number of aliphatic hydroxyl groups excluding tert-OH is 1. The van der Waals surface area contributed by atoms with Crippen molar-refractivity contribution >= 4 is 5.97 Å². The summed E-state index contributed by atoms with van der Waals surface area (Å²) in [4.78, 5) is 11.7. The fraction of sp³-hybridized carbons (Fsp3) is 0.632. The molecule has 0 saturated carbocycles. The first-order chi connectivity index (χ1) is 16.7. The Hall–Kier alpha value is -2.47. The molecule has 0 fully saturated rings. The molecule has 0 heterocycles. The van der Waals surface area contributed by atoms with E-state index in [2.05, 4.69) is 4.74 Å². The Morgan fingerprint density at radius 1 is 0.632 bits per heavy atom. The van der Waals surface area contributed by atoms with E-state index in [1.165, 1.54) is 12.1 Å². The van der Waals surface area contributed by atoms with Gasteiger partial charge in [-0.15, -0.1) is 0 Å². The molecule has 0 amide bonds. The topological polar surface area (TPSA) is 46.5 Å². The van der Waals surface area contributed by atoms with Gasteiger partial charge in [0.05, 0.1) is 5.56 Å². The van der Waals surface area contributed by atoms with Crippen LogP contribution in [0.4, 0.5) is 70.2 Å². The zero-order chi connectivity index (χ0) is 30.4. The lowest BCUT2D eigenvalue weighted by Crippen LogP contribution is -2.75. The SMILES string of the molecule is CCc1ccc(C(=O)OCC(F)(F)C(F)(F)C(F)(F)C(F)(F)C(F)(F)C(F)(F)C(F)(F)C(F)(F)CO)cc1. The third-order valence-electron chi connectivity index (χ3n) is 5.07. The van der Waals surface area contributed by atoms with Crippen LogP contribution in [0, 0.1) is 0 Å². The molecule has 0 spiro atoms. The molecule has 0 saturated heterocycles. The van der Waals surface area contributed by atoms with Gasteiger partial charge in [-0.2, -0.15) is 70.2 Å². The molecule has 0 bridgehead atoms. The lowest BCUT2D eigenvalue weighted by Gasteiger charge is -2.43. The number of hydrogen-bond donors (Lipinski definition) is 1. The molecule has 1 aromatic rings. The summed E-state index contributed by atoms with van der Waals surface area (Å²) in [6.07, 6.45) is 0.371. The van der Waals surface area contributed by atoms with E-state index in [0.717, 1.165) is 12.1 Å². The van der Waals surface area contributed by atoms with E-state index in [1.807, 2.05) is 0 Å². The summed E-state index contributed by atoms with van der Waals surface area (Å²) in [6, 6.07) is 4.06. The fourth-order valence-electron chi connectivity index (χ4n) is 2.55. The molecule has 3 nitrogen and oxygen atoms in total. The highest BCUT2D eigenvalue weighted by Gasteiger charge is 2.94. The van der Waals surface area contributed by atoms with Crippen LogP contribution in [0.2, 0.25) is 0 Å². The van der Waals surface area contributed by atoms with Gasteiger partial charge >= 0.3 is 53.3 Å². The molecule has 0 aliphatic heterocycles. The first-order valence-corrected chi connectivity index (χ1v) is 9.63. The maximum atomic E-state index is 13.8. The van der Waals surface area contributed by atoms with Crippen molar-refractivity contribution in [3.05, 3.63) is 35.4 Å². The number of aryl methyl sites for hydroxylation is 1. The maximum Gasteiger partial charge on any atom is 0.385 e. The number of alkyl halides is 16. The van der Waals surface area contributed by atoms with Crippen molar-refractivity contribution in [1.82, 2.24) is 0 Å². The van der Waals surface area contributed by atoms with E-state index in [1.54, 1.807) is 6.92 Å². The van der Waals surface area contributed by atoms with Gasteiger partial charge in [-0.1, -0.05) is 19.1 Å². The van der Waals surface area contributed by atoms with E-state index in [-0.39, 0.29) is 0 Å². The van der Waals surface area contributed by atoms with Crippen LogP contribution in [-0.4, -0.2) is 71.7 Å². The minimum atomic E-state index is -8.59. The number of aliphatic hydroxyl groups is 1. The lowest BCUT2D eigenvalue weighted by atomic mass is 9.88. The Morgan fingerprint density at radius 2 is 0.974 bits per heavy atom. The Balaban J connectivity index is 3.40. The number of halogens is 16. The fourth-order valence-corrected chi connectivity index (χ4v) is 2.55. The summed E-state index contributed by atoms with van der Waals surface area (Å²) < 4.78 is 220. The molecular formula is C19H14F16O3. The van der Waals surface area contributed by atoms with Gasteiger partial charge in [-0.25, -0.2) is 4.79 Å². The van der Waals surface area contributed by atoms with Crippen molar-refractivity contribution in [1.29, 1.82) is 0 Å². The maximum absolute atomic E-state index is 13.8. The molecule has 0 atom stereocenters. The molecule has 1 N–H and O–H groups in total. The third kappa shape index (κ3) is 4.85. The molecule has 220 valence electrons. The van der Waals surface area contributed by atoms with Crippen molar-refractivity contribution in [2.75, 3.05) is 13.2 Å². The second kappa shape index (κ2) is 9.93. The quantitative estimate of drug-likeness (QED) is 0.223. The second-order valence-corrected chi connectivity index (χ2v) is 7.64. The van der Waals surface area contributed by atoms with E-state index < -0.39 is 72.1 Å². The van der Waals surface area contributed by atoms with Gasteiger partial charge in [0, 0.05) is 0 Å². The van der Waals surface area contributed by atoms with E-state index >= 15 is 0 Å². The first kappa shape index (κ1) is 33.6. The van der Waals surface area contributed by atoms with Gasteiger partial charge in [-0.05, 0) is 24.1 Å². The Morgan fingerprint density at radius 3 is 1.32 bits per heavy atom. The predicted octanol–water partition coefficient (Wildman–Crippen LogP) is 6.48. The predicted molar refractivity (Wildman–Crippen MR) is 92.8 cm³/mol. The van der Waals surface area contributed by atoms with Crippen molar-refractivity contribution in [3.8, 4) is 0 Å². The molecule has 0 aromatic heterocycles. The Bertz CT molecular complexity index is 988. The summed E-state index contributed by atoms with van der Waals surface area (Å²) >= 11 is 0. The minimum Gasteiger partial charge on any atom is -0.455 e. The average molecular weight is 594 g/mol. The molecule has 0 radical (unpaired) electrons. The van der Waals surface area contributed by atoms with Gasteiger partial charge in [0.2, 0.25) is 0 Å². The van der Waals surface area contributed by atoms with Gasteiger partial charge < -0.3 is 9.84 Å². The van der Waals surface area contributed by atoms with Crippen LogP contribution in [0.3, 0.4) is 0 Å². The number of carbonyl (C=O) groups is 1. The highest BCUT2D eigenvalue weighted by Crippen LogP contribution is 2.63. The molecule has 1 rings (SSSR count). The molecule has 0 aliphatic rings. The normalized spacial score (nSPS) is 15.0. The summed E-state index contributed by atoms with van der Waals surface area (Å²) in [5.74, 6) is -65.0. The summed E-state index contributed by atoms with van der Waals surface area (Å²) in [6.45, 7) is -5.08. The van der Waals surface area contributed by atoms with Crippen LogP contribution in [0.15, 0.2) is 24.3 Å². The minimum absolute atomic E-state index is 0.371. The number of esters is 1. The van der Waals surface area contributed by atoms with Crippen molar-refractivity contribution in [2.45, 2.75) is 60.7 Å². The lowest BCUT2D eigenvalue weighted by molar-refractivity contribution is -0.454. The van der Waals surface area contributed by atoms with Crippen LogP contribution in [0.5, 0.6) is 0 Å². The number of ether oxygens (including phenoxy) is 1. The van der Waals surface area contributed by atoms with E-state index in [9.17, 15) is 75.0 Å². The highest BCUT2D eigenvalue weighted by molar-refractivity contribution is 5.89.